The molecule has 1 heterocycles. The van der Waals surface area contributed by atoms with E-state index in [-0.39, 0.29) is 11.9 Å². The Hall–Kier alpha value is -1.94. The first-order valence-electron chi connectivity index (χ1n) is 8.62. The summed E-state index contributed by atoms with van der Waals surface area (Å²) in [6.07, 6.45) is 7.45. The molecule has 2 bridgehead atoms. The highest BCUT2D eigenvalue weighted by molar-refractivity contribution is 6.05. The maximum absolute atomic E-state index is 12.9. The number of hydrogen-bond acceptors (Lipinski definition) is 3. The van der Waals surface area contributed by atoms with Crippen LogP contribution in [0.2, 0.25) is 0 Å². The average molecular weight is 309 g/mol. The molecule has 4 nitrogen and oxygen atoms in total. The van der Waals surface area contributed by atoms with Crippen molar-refractivity contribution in [2.45, 2.75) is 44.2 Å². The van der Waals surface area contributed by atoms with E-state index in [2.05, 4.69) is 10.3 Å². The predicted molar refractivity (Wildman–Crippen MR) is 91.0 cm³/mol. The summed E-state index contributed by atoms with van der Waals surface area (Å²) >= 11 is 0. The number of rotatable bonds is 2. The highest BCUT2D eigenvalue weighted by atomic mass is 16.1. The predicted octanol–water partition coefficient (Wildman–Crippen LogP) is 2.87. The van der Waals surface area contributed by atoms with Crippen LogP contribution in [-0.2, 0) is 0 Å². The van der Waals surface area contributed by atoms with E-state index in [0.29, 0.717) is 23.4 Å². The van der Waals surface area contributed by atoms with Gasteiger partial charge in [-0.25, -0.2) is 0 Å². The van der Waals surface area contributed by atoms with Crippen LogP contribution in [0.4, 0.5) is 0 Å². The summed E-state index contributed by atoms with van der Waals surface area (Å²) in [6, 6.07) is 10.3. The first-order valence-corrected chi connectivity index (χ1v) is 8.62. The van der Waals surface area contributed by atoms with Gasteiger partial charge in [0, 0.05) is 23.7 Å². The number of nitrogens with two attached hydrogens (primary N) is 1. The van der Waals surface area contributed by atoms with Gasteiger partial charge in [-0.05, 0) is 49.7 Å². The number of nitrogens with zero attached hydrogens (tertiary/aromatic N) is 1. The van der Waals surface area contributed by atoms with Crippen LogP contribution in [0.15, 0.2) is 36.5 Å². The van der Waals surface area contributed by atoms with Crippen molar-refractivity contribution >= 4 is 16.8 Å². The summed E-state index contributed by atoms with van der Waals surface area (Å²) in [5.41, 5.74) is 7.64. The Morgan fingerprint density at radius 3 is 2.65 bits per heavy atom. The molecule has 1 aromatic heterocycles. The Morgan fingerprint density at radius 1 is 1.13 bits per heavy atom. The van der Waals surface area contributed by atoms with Crippen molar-refractivity contribution in [3.05, 3.63) is 42.1 Å². The summed E-state index contributed by atoms with van der Waals surface area (Å²) in [5, 5.41) is 4.32. The van der Waals surface area contributed by atoms with E-state index in [4.69, 9.17) is 5.73 Å². The second-order valence-electron chi connectivity index (χ2n) is 7.06. The second-order valence-corrected chi connectivity index (χ2v) is 7.06. The molecule has 0 aliphatic heterocycles. The lowest BCUT2D eigenvalue weighted by molar-refractivity contribution is 0.0757. The van der Waals surface area contributed by atoms with E-state index >= 15 is 0 Å². The zero-order valence-corrected chi connectivity index (χ0v) is 13.2. The Labute approximate surface area is 136 Å². The monoisotopic (exact) mass is 309 g/mol. The van der Waals surface area contributed by atoms with E-state index in [9.17, 15) is 4.79 Å². The molecule has 2 aliphatic carbocycles. The summed E-state index contributed by atoms with van der Waals surface area (Å²) in [6.45, 7) is 0. The van der Waals surface area contributed by atoms with Crippen molar-refractivity contribution < 1.29 is 4.79 Å². The van der Waals surface area contributed by atoms with Crippen molar-refractivity contribution in [2.75, 3.05) is 0 Å². The molecule has 4 rings (SSSR count). The van der Waals surface area contributed by atoms with Gasteiger partial charge in [0.05, 0.1) is 11.1 Å². The lowest BCUT2D eigenvalue weighted by Crippen LogP contribution is -2.53. The molecule has 0 radical (unpaired) electrons. The smallest absolute Gasteiger partial charge is 0.253 e. The zero-order valence-electron chi connectivity index (χ0n) is 13.2. The fourth-order valence-corrected chi connectivity index (χ4v) is 4.54. The molecule has 2 fully saturated rings. The first kappa shape index (κ1) is 14.6. The van der Waals surface area contributed by atoms with Gasteiger partial charge in [-0.1, -0.05) is 24.6 Å². The fraction of sp³-hybridized carbons (Fsp3) is 0.474. The Kier molecular flexibility index (Phi) is 3.77. The van der Waals surface area contributed by atoms with Crippen LogP contribution < -0.4 is 11.1 Å². The highest BCUT2D eigenvalue weighted by Crippen LogP contribution is 2.39. The van der Waals surface area contributed by atoms with Crippen LogP contribution in [0.5, 0.6) is 0 Å². The molecule has 4 heteroatoms. The van der Waals surface area contributed by atoms with Gasteiger partial charge >= 0.3 is 0 Å². The maximum atomic E-state index is 12.9. The average Bonchev–Trinajstić information content (AvgIpc) is 2.55. The zero-order chi connectivity index (χ0) is 15.8. The number of para-hydroxylation sites is 1. The highest BCUT2D eigenvalue weighted by Gasteiger charge is 2.40. The third-order valence-corrected chi connectivity index (χ3v) is 5.55. The van der Waals surface area contributed by atoms with Crippen LogP contribution in [0, 0.1) is 11.8 Å². The molecular weight excluding hydrogens is 286 g/mol. The molecule has 2 aromatic rings. The number of aromatic nitrogens is 1. The largest absolute Gasteiger partial charge is 0.349 e. The molecule has 23 heavy (non-hydrogen) atoms. The van der Waals surface area contributed by atoms with Gasteiger partial charge in [-0.2, -0.15) is 0 Å². The second kappa shape index (κ2) is 5.93. The van der Waals surface area contributed by atoms with E-state index in [0.717, 1.165) is 23.7 Å². The molecular formula is C19H23N3O. The van der Waals surface area contributed by atoms with Crippen molar-refractivity contribution in [2.24, 2.45) is 17.6 Å². The lowest BCUT2D eigenvalue weighted by Gasteiger charge is -2.45. The molecule has 0 spiro atoms. The van der Waals surface area contributed by atoms with Gasteiger partial charge in [0.15, 0.2) is 0 Å². The van der Waals surface area contributed by atoms with Crippen molar-refractivity contribution in [3.8, 4) is 0 Å². The fourth-order valence-electron chi connectivity index (χ4n) is 4.54. The molecule has 3 N–H and O–H groups in total. The number of benzene rings is 1. The van der Waals surface area contributed by atoms with Crippen LogP contribution in [0.1, 0.15) is 42.5 Å². The van der Waals surface area contributed by atoms with Crippen molar-refractivity contribution in [1.29, 1.82) is 0 Å². The third-order valence-electron chi connectivity index (χ3n) is 5.55. The van der Waals surface area contributed by atoms with Crippen molar-refractivity contribution in [1.82, 2.24) is 10.3 Å². The first-order chi connectivity index (χ1) is 11.2. The van der Waals surface area contributed by atoms with Gasteiger partial charge in [-0.3, -0.25) is 9.78 Å². The quantitative estimate of drug-likeness (QED) is 0.896. The minimum Gasteiger partial charge on any atom is -0.349 e. The van der Waals surface area contributed by atoms with Crippen molar-refractivity contribution in [3.63, 3.8) is 0 Å². The molecule has 0 saturated heterocycles. The van der Waals surface area contributed by atoms with Crippen LogP contribution in [0.3, 0.4) is 0 Å². The molecule has 2 unspecified atom stereocenters. The van der Waals surface area contributed by atoms with E-state index in [1.165, 1.54) is 19.3 Å². The molecule has 1 amide bonds. The number of carbonyl (C=O) groups excluding carboxylic acids is 1. The Balaban J connectivity index is 1.60. The van der Waals surface area contributed by atoms with E-state index in [1.54, 1.807) is 6.20 Å². The van der Waals surface area contributed by atoms with Gasteiger partial charge in [0.2, 0.25) is 0 Å². The lowest BCUT2D eigenvalue weighted by atomic mass is 9.67. The SMILES string of the molecule is NC1CC2CCCC(C1)C2NC(=O)c1cccc2cccnc12. The summed E-state index contributed by atoms with van der Waals surface area (Å²) in [4.78, 5) is 17.3. The molecule has 1 aromatic carbocycles. The van der Waals surface area contributed by atoms with E-state index < -0.39 is 0 Å². The van der Waals surface area contributed by atoms with Gasteiger partial charge in [0.1, 0.15) is 0 Å². The molecule has 2 aliphatic rings. The number of fused-ring (bicyclic) bond motifs is 3. The normalized spacial score (nSPS) is 30.1. The minimum atomic E-state index is 0.00618. The summed E-state index contributed by atoms with van der Waals surface area (Å²) in [5.74, 6) is 1.07. The number of nitrogens with one attached hydrogen (secondary N) is 1. The van der Waals surface area contributed by atoms with Gasteiger partial charge in [0.25, 0.3) is 5.91 Å². The third kappa shape index (κ3) is 2.72. The number of carbonyl (C=O) groups is 1. The topological polar surface area (TPSA) is 68.0 Å². The Bertz CT molecular complexity index is 710. The molecule has 2 atom stereocenters. The minimum absolute atomic E-state index is 0.00618. The van der Waals surface area contributed by atoms with Crippen LogP contribution >= 0.6 is 0 Å². The van der Waals surface area contributed by atoms with Gasteiger partial charge in [-0.15, -0.1) is 0 Å². The summed E-state index contributed by atoms with van der Waals surface area (Å²) < 4.78 is 0. The van der Waals surface area contributed by atoms with Gasteiger partial charge < -0.3 is 11.1 Å². The number of amides is 1. The molecule has 2 saturated carbocycles. The molecule has 120 valence electrons. The van der Waals surface area contributed by atoms with Crippen LogP contribution in [-0.4, -0.2) is 23.0 Å². The Morgan fingerprint density at radius 2 is 1.87 bits per heavy atom. The number of pyridine rings is 1. The van der Waals surface area contributed by atoms with E-state index in [1.807, 2.05) is 30.3 Å². The number of hydrogen-bond donors (Lipinski definition) is 2. The summed E-state index contributed by atoms with van der Waals surface area (Å²) in [7, 11) is 0. The maximum Gasteiger partial charge on any atom is 0.253 e. The van der Waals surface area contributed by atoms with Crippen LogP contribution in [0.25, 0.3) is 10.9 Å². The standard InChI is InChI=1S/C19H23N3O/c20-15-10-13-5-1-6-14(11-15)17(13)22-19(23)16-8-2-4-12-7-3-9-21-18(12)16/h2-4,7-9,13-15,17H,1,5-6,10-11,20H2,(H,22,23).